The number of carboxylic acid groups (broad SMARTS) is 1. The number of carboxylic acids is 1. The van der Waals surface area contributed by atoms with Crippen LogP contribution in [-0.4, -0.2) is 41.8 Å². The highest BCUT2D eigenvalue weighted by Crippen LogP contribution is 2.15. The van der Waals surface area contributed by atoms with E-state index < -0.39 is 5.97 Å². The molecule has 0 amide bonds. The summed E-state index contributed by atoms with van der Waals surface area (Å²) in [6.45, 7) is 3.06. The summed E-state index contributed by atoms with van der Waals surface area (Å²) in [7, 11) is 0. The van der Waals surface area contributed by atoms with Crippen LogP contribution in [-0.2, 0) is 16.1 Å². The van der Waals surface area contributed by atoms with Gasteiger partial charge in [0.1, 0.15) is 0 Å². The first-order chi connectivity index (χ1) is 8.24. The molecular formula is C13H17NO3. The van der Waals surface area contributed by atoms with E-state index in [2.05, 4.69) is 17.0 Å². The van der Waals surface area contributed by atoms with Gasteiger partial charge in [0.15, 0.2) is 0 Å². The Hall–Kier alpha value is -1.39. The maximum Gasteiger partial charge on any atom is 0.305 e. The van der Waals surface area contributed by atoms with Gasteiger partial charge in [-0.2, -0.15) is 0 Å². The summed E-state index contributed by atoms with van der Waals surface area (Å²) in [5, 5.41) is 8.47. The molecule has 1 aliphatic heterocycles. The molecule has 4 heteroatoms. The van der Waals surface area contributed by atoms with Gasteiger partial charge in [0.2, 0.25) is 0 Å². The molecule has 0 aliphatic carbocycles. The molecule has 1 saturated heterocycles. The van der Waals surface area contributed by atoms with Crippen molar-refractivity contribution < 1.29 is 14.6 Å². The normalized spacial score (nSPS) is 16.7. The van der Waals surface area contributed by atoms with Gasteiger partial charge in [0.25, 0.3) is 0 Å². The van der Waals surface area contributed by atoms with Gasteiger partial charge in [0.05, 0.1) is 19.1 Å². The van der Waals surface area contributed by atoms with Crippen LogP contribution in [0.5, 0.6) is 0 Å². The first kappa shape index (κ1) is 12.1. The van der Waals surface area contributed by atoms with E-state index >= 15 is 0 Å². The number of hydrogen-bond acceptors (Lipinski definition) is 3. The molecule has 0 radical (unpaired) electrons. The third kappa shape index (κ3) is 3.84. The largest absolute Gasteiger partial charge is 0.481 e. The van der Waals surface area contributed by atoms with Gasteiger partial charge in [-0.25, -0.2) is 0 Å². The standard InChI is InChI=1S/C13H17NO3/c15-13(16)6-7-17-12-9-14(10-12)8-11-4-2-1-3-5-11/h1-5,12H,6-10H2,(H,15,16). The molecule has 1 heterocycles. The molecule has 0 unspecified atom stereocenters. The molecule has 1 aromatic carbocycles. The van der Waals surface area contributed by atoms with E-state index in [1.165, 1.54) is 5.56 Å². The molecular weight excluding hydrogens is 218 g/mol. The van der Waals surface area contributed by atoms with Crippen molar-refractivity contribution in [1.82, 2.24) is 4.90 Å². The fraction of sp³-hybridized carbons (Fsp3) is 0.462. The summed E-state index contributed by atoms with van der Waals surface area (Å²) in [5.74, 6) is -0.800. The first-order valence-corrected chi connectivity index (χ1v) is 5.84. The second-order valence-corrected chi connectivity index (χ2v) is 4.32. The Balaban J connectivity index is 1.61. The Morgan fingerprint density at radius 2 is 2.06 bits per heavy atom. The van der Waals surface area contributed by atoms with Crippen molar-refractivity contribution in [3.8, 4) is 0 Å². The maximum atomic E-state index is 10.3. The molecule has 17 heavy (non-hydrogen) atoms. The minimum absolute atomic E-state index is 0.0924. The van der Waals surface area contributed by atoms with Crippen LogP contribution in [0.3, 0.4) is 0 Å². The first-order valence-electron chi connectivity index (χ1n) is 5.84. The summed E-state index contributed by atoms with van der Waals surface area (Å²) in [5.41, 5.74) is 1.30. The number of ether oxygens (including phenoxy) is 1. The predicted molar refractivity (Wildman–Crippen MR) is 63.7 cm³/mol. The van der Waals surface area contributed by atoms with Crippen LogP contribution in [0.15, 0.2) is 30.3 Å². The summed E-state index contributed by atoms with van der Waals surface area (Å²) >= 11 is 0. The molecule has 4 nitrogen and oxygen atoms in total. The van der Waals surface area contributed by atoms with Crippen LogP contribution in [0.25, 0.3) is 0 Å². The van der Waals surface area contributed by atoms with Crippen molar-refractivity contribution in [2.24, 2.45) is 0 Å². The minimum atomic E-state index is -0.800. The van der Waals surface area contributed by atoms with Crippen molar-refractivity contribution in [2.75, 3.05) is 19.7 Å². The van der Waals surface area contributed by atoms with Crippen molar-refractivity contribution in [1.29, 1.82) is 0 Å². The zero-order chi connectivity index (χ0) is 12.1. The van der Waals surface area contributed by atoms with E-state index in [9.17, 15) is 4.79 Å². The van der Waals surface area contributed by atoms with Crippen LogP contribution in [0, 0.1) is 0 Å². The Bertz CT molecular complexity index is 360. The predicted octanol–water partition coefficient (Wildman–Crippen LogP) is 1.36. The molecule has 1 aliphatic rings. The molecule has 0 spiro atoms. The van der Waals surface area contributed by atoms with E-state index in [4.69, 9.17) is 9.84 Å². The Kier molecular flexibility index (Phi) is 4.12. The van der Waals surface area contributed by atoms with Gasteiger partial charge in [-0.05, 0) is 5.56 Å². The average Bonchev–Trinajstić information content (AvgIpc) is 2.26. The molecule has 0 aromatic heterocycles. The number of aliphatic carboxylic acids is 1. The topological polar surface area (TPSA) is 49.8 Å². The fourth-order valence-corrected chi connectivity index (χ4v) is 1.91. The van der Waals surface area contributed by atoms with Crippen molar-refractivity contribution in [2.45, 2.75) is 19.1 Å². The summed E-state index contributed by atoms with van der Waals surface area (Å²) < 4.78 is 5.43. The van der Waals surface area contributed by atoms with Gasteiger partial charge < -0.3 is 9.84 Å². The summed E-state index contributed by atoms with van der Waals surface area (Å²) in [6, 6.07) is 10.3. The van der Waals surface area contributed by atoms with Crippen molar-refractivity contribution in [3.05, 3.63) is 35.9 Å². The second kappa shape index (κ2) is 5.80. The van der Waals surface area contributed by atoms with Gasteiger partial charge in [-0.3, -0.25) is 9.69 Å². The Labute approximate surface area is 101 Å². The van der Waals surface area contributed by atoms with Crippen LogP contribution in [0.1, 0.15) is 12.0 Å². The minimum Gasteiger partial charge on any atom is -0.481 e. The number of likely N-dealkylation sites (tertiary alicyclic amines) is 1. The van der Waals surface area contributed by atoms with Gasteiger partial charge in [0, 0.05) is 19.6 Å². The van der Waals surface area contributed by atoms with E-state index in [-0.39, 0.29) is 12.5 Å². The highest BCUT2D eigenvalue weighted by Gasteiger charge is 2.27. The summed E-state index contributed by atoms with van der Waals surface area (Å²) in [6.07, 6.45) is 0.299. The lowest BCUT2D eigenvalue weighted by atomic mass is 10.1. The lowest BCUT2D eigenvalue weighted by molar-refractivity contribution is -0.139. The molecule has 92 valence electrons. The van der Waals surface area contributed by atoms with Crippen molar-refractivity contribution in [3.63, 3.8) is 0 Å². The fourth-order valence-electron chi connectivity index (χ4n) is 1.91. The number of nitrogens with zero attached hydrogens (tertiary/aromatic N) is 1. The van der Waals surface area contributed by atoms with Crippen molar-refractivity contribution >= 4 is 5.97 Å². The molecule has 1 fully saturated rings. The monoisotopic (exact) mass is 235 g/mol. The third-order valence-electron chi connectivity index (χ3n) is 2.84. The molecule has 0 atom stereocenters. The van der Waals surface area contributed by atoms with Crippen LogP contribution in [0.2, 0.25) is 0 Å². The average molecular weight is 235 g/mol. The Morgan fingerprint density at radius 1 is 1.35 bits per heavy atom. The van der Waals surface area contributed by atoms with Gasteiger partial charge >= 0.3 is 5.97 Å². The molecule has 0 saturated carbocycles. The smallest absolute Gasteiger partial charge is 0.305 e. The molecule has 1 N–H and O–H groups in total. The molecule has 0 bridgehead atoms. The molecule has 1 aromatic rings. The number of rotatable bonds is 6. The zero-order valence-corrected chi connectivity index (χ0v) is 9.71. The van der Waals surface area contributed by atoms with Crippen LogP contribution < -0.4 is 0 Å². The van der Waals surface area contributed by atoms with Gasteiger partial charge in [-0.1, -0.05) is 30.3 Å². The quantitative estimate of drug-likeness (QED) is 0.809. The SMILES string of the molecule is O=C(O)CCOC1CN(Cc2ccccc2)C1. The summed E-state index contributed by atoms with van der Waals surface area (Å²) in [4.78, 5) is 12.6. The van der Waals surface area contributed by atoms with E-state index in [1.807, 2.05) is 18.2 Å². The van der Waals surface area contributed by atoms with E-state index in [0.29, 0.717) is 6.61 Å². The van der Waals surface area contributed by atoms with Crippen LogP contribution in [0.4, 0.5) is 0 Å². The maximum absolute atomic E-state index is 10.3. The number of benzene rings is 1. The number of hydrogen-bond donors (Lipinski definition) is 1. The third-order valence-corrected chi connectivity index (χ3v) is 2.84. The lowest BCUT2D eigenvalue weighted by Crippen LogP contribution is -2.51. The van der Waals surface area contributed by atoms with Crippen LogP contribution >= 0.6 is 0 Å². The Morgan fingerprint density at radius 3 is 2.71 bits per heavy atom. The van der Waals surface area contributed by atoms with E-state index in [1.54, 1.807) is 0 Å². The lowest BCUT2D eigenvalue weighted by Gasteiger charge is -2.38. The molecule has 2 rings (SSSR count). The highest BCUT2D eigenvalue weighted by molar-refractivity contribution is 5.66. The number of carbonyl (C=O) groups is 1. The van der Waals surface area contributed by atoms with E-state index in [0.717, 1.165) is 19.6 Å². The second-order valence-electron chi connectivity index (χ2n) is 4.32. The van der Waals surface area contributed by atoms with Gasteiger partial charge in [-0.15, -0.1) is 0 Å². The highest BCUT2D eigenvalue weighted by atomic mass is 16.5. The zero-order valence-electron chi connectivity index (χ0n) is 9.71.